The lowest BCUT2D eigenvalue weighted by molar-refractivity contribution is -0.139. The zero-order chi connectivity index (χ0) is 23.1. The maximum atomic E-state index is 12.9. The molecule has 1 fully saturated rings. The number of nitrogens with two attached hydrogens (primary N) is 1. The minimum Gasteiger partial charge on any atom is -0.481 e. The van der Waals surface area contributed by atoms with Crippen molar-refractivity contribution in [2.24, 2.45) is 5.73 Å². The van der Waals surface area contributed by atoms with Crippen molar-refractivity contribution in [2.75, 3.05) is 25.0 Å². The Hall–Kier alpha value is -3.39. The van der Waals surface area contributed by atoms with Crippen LogP contribution in [0.4, 0.5) is 5.69 Å². The van der Waals surface area contributed by atoms with Crippen molar-refractivity contribution in [2.45, 2.75) is 37.6 Å². The van der Waals surface area contributed by atoms with Crippen molar-refractivity contribution in [1.82, 2.24) is 10.2 Å². The number of carboxylic acids is 1. The Balaban J connectivity index is 1.54. The van der Waals surface area contributed by atoms with E-state index in [0.717, 1.165) is 37.1 Å². The van der Waals surface area contributed by atoms with E-state index >= 15 is 0 Å². The van der Waals surface area contributed by atoms with E-state index in [1.54, 1.807) is 6.07 Å². The van der Waals surface area contributed by atoms with Crippen LogP contribution < -0.4 is 16.4 Å². The van der Waals surface area contributed by atoms with Crippen molar-refractivity contribution in [3.63, 3.8) is 0 Å². The molecule has 2 aromatic rings. The van der Waals surface area contributed by atoms with Crippen LogP contribution in [0.15, 0.2) is 54.6 Å². The number of para-hydroxylation sites is 1. The molecule has 0 spiro atoms. The number of benzene rings is 2. The van der Waals surface area contributed by atoms with Crippen molar-refractivity contribution >= 4 is 23.5 Å². The SMILES string of the molecule is CC(C(=O)NC1CCN(CC(C(=O)O)c2ccccc2)CC1)c1ccccc1NC(=N)N. The Bertz CT molecular complexity index is 942. The molecule has 0 bridgehead atoms. The Kier molecular flexibility index (Phi) is 7.83. The topological polar surface area (TPSA) is 132 Å². The molecule has 1 heterocycles. The first kappa shape index (κ1) is 23.3. The Morgan fingerprint density at radius 2 is 1.75 bits per heavy atom. The highest BCUT2D eigenvalue weighted by Gasteiger charge is 2.28. The summed E-state index contributed by atoms with van der Waals surface area (Å²) in [6.45, 7) is 3.76. The summed E-state index contributed by atoms with van der Waals surface area (Å²) >= 11 is 0. The smallest absolute Gasteiger partial charge is 0.312 e. The molecule has 1 aliphatic heterocycles. The molecule has 0 aliphatic carbocycles. The van der Waals surface area contributed by atoms with Gasteiger partial charge in [0.25, 0.3) is 0 Å². The molecule has 0 aromatic heterocycles. The first-order chi connectivity index (χ1) is 15.3. The summed E-state index contributed by atoms with van der Waals surface area (Å²) in [5.41, 5.74) is 7.69. The lowest BCUT2D eigenvalue weighted by Crippen LogP contribution is -2.47. The summed E-state index contributed by atoms with van der Waals surface area (Å²) in [6, 6.07) is 16.7. The number of carboxylic acid groups (broad SMARTS) is 1. The minimum absolute atomic E-state index is 0.0501. The molecular formula is C24H31N5O3. The van der Waals surface area contributed by atoms with Crippen LogP contribution in [-0.2, 0) is 9.59 Å². The molecule has 32 heavy (non-hydrogen) atoms. The van der Waals surface area contributed by atoms with Crippen LogP contribution in [0.1, 0.15) is 42.7 Å². The van der Waals surface area contributed by atoms with Gasteiger partial charge in [0.05, 0.1) is 11.8 Å². The number of piperidine rings is 1. The van der Waals surface area contributed by atoms with Gasteiger partial charge in [-0.05, 0) is 37.0 Å². The number of nitrogens with zero attached hydrogens (tertiary/aromatic N) is 1. The van der Waals surface area contributed by atoms with Gasteiger partial charge >= 0.3 is 5.97 Å². The number of aliphatic carboxylic acids is 1. The van der Waals surface area contributed by atoms with Crippen molar-refractivity contribution in [3.05, 3.63) is 65.7 Å². The molecule has 8 nitrogen and oxygen atoms in total. The fourth-order valence-corrected chi connectivity index (χ4v) is 4.13. The van der Waals surface area contributed by atoms with Crippen LogP contribution in [0, 0.1) is 5.41 Å². The second kappa shape index (κ2) is 10.8. The highest BCUT2D eigenvalue weighted by Crippen LogP contribution is 2.25. The molecule has 2 aromatic carbocycles. The van der Waals surface area contributed by atoms with Crippen molar-refractivity contribution < 1.29 is 14.7 Å². The molecule has 1 aliphatic rings. The van der Waals surface area contributed by atoms with Crippen molar-refractivity contribution in [3.8, 4) is 0 Å². The number of hydrogen-bond acceptors (Lipinski definition) is 4. The third kappa shape index (κ3) is 6.07. The average molecular weight is 438 g/mol. The lowest BCUT2D eigenvalue weighted by Gasteiger charge is -2.34. The molecule has 6 N–H and O–H groups in total. The largest absolute Gasteiger partial charge is 0.481 e. The second-order valence-electron chi connectivity index (χ2n) is 8.23. The lowest BCUT2D eigenvalue weighted by atomic mass is 9.95. The van der Waals surface area contributed by atoms with Gasteiger partial charge < -0.3 is 26.4 Å². The minimum atomic E-state index is -0.821. The van der Waals surface area contributed by atoms with Gasteiger partial charge in [-0.1, -0.05) is 48.5 Å². The molecule has 0 radical (unpaired) electrons. The third-order valence-corrected chi connectivity index (χ3v) is 5.96. The molecule has 1 amide bonds. The third-order valence-electron chi connectivity index (χ3n) is 5.96. The summed E-state index contributed by atoms with van der Waals surface area (Å²) in [6.07, 6.45) is 1.54. The standard InChI is InChI=1S/C24H31N5O3/c1-16(19-9-5-6-10-21(19)28-24(25)26)22(30)27-18-11-13-29(14-12-18)15-20(23(31)32)17-7-3-2-4-8-17/h2-10,16,18,20H,11-15H2,1H3,(H,27,30)(H,31,32)(H4,25,26,28). The molecule has 170 valence electrons. The summed E-state index contributed by atoms with van der Waals surface area (Å²) in [4.78, 5) is 26.8. The van der Waals surface area contributed by atoms with Crippen LogP contribution in [0.25, 0.3) is 0 Å². The van der Waals surface area contributed by atoms with Gasteiger partial charge in [-0.25, -0.2) is 0 Å². The van der Waals surface area contributed by atoms with Gasteiger partial charge in [0.2, 0.25) is 5.91 Å². The van der Waals surface area contributed by atoms with E-state index in [9.17, 15) is 14.7 Å². The van der Waals surface area contributed by atoms with Gasteiger partial charge in [-0.2, -0.15) is 0 Å². The van der Waals surface area contributed by atoms with Gasteiger partial charge in [-0.15, -0.1) is 0 Å². The number of anilines is 1. The number of nitrogens with one attached hydrogen (secondary N) is 3. The number of amides is 1. The van der Waals surface area contributed by atoms with Crippen LogP contribution in [0.3, 0.4) is 0 Å². The monoisotopic (exact) mass is 437 g/mol. The van der Waals surface area contributed by atoms with E-state index < -0.39 is 17.8 Å². The fourth-order valence-electron chi connectivity index (χ4n) is 4.13. The van der Waals surface area contributed by atoms with Crippen LogP contribution in [0.5, 0.6) is 0 Å². The first-order valence-electron chi connectivity index (χ1n) is 10.9. The van der Waals surface area contributed by atoms with Gasteiger partial charge in [0.15, 0.2) is 5.96 Å². The number of carbonyl (C=O) groups is 2. The van der Waals surface area contributed by atoms with Crippen LogP contribution >= 0.6 is 0 Å². The predicted molar refractivity (Wildman–Crippen MR) is 125 cm³/mol. The van der Waals surface area contributed by atoms with E-state index in [4.69, 9.17) is 11.1 Å². The van der Waals surface area contributed by atoms with E-state index in [-0.39, 0.29) is 17.9 Å². The van der Waals surface area contributed by atoms with Crippen LogP contribution in [0.2, 0.25) is 0 Å². The fraction of sp³-hybridized carbons (Fsp3) is 0.375. The average Bonchev–Trinajstić information content (AvgIpc) is 2.78. The number of guanidine groups is 1. The molecular weight excluding hydrogens is 406 g/mol. The highest BCUT2D eigenvalue weighted by molar-refractivity contribution is 5.93. The number of hydrogen-bond donors (Lipinski definition) is 5. The normalized spacial score (nSPS) is 16.7. The Labute approximate surface area is 188 Å². The number of carbonyl (C=O) groups excluding carboxylic acids is 1. The molecule has 2 atom stereocenters. The summed E-state index contributed by atoms with van der Waals surface area (Å²) in [5.74, 6) is -2.03. The molecule has 1 saturated heterocycles. The molecule has 3 rings (SSSR count). The maximum Gasteiger partial charge on any atom is 0.312 e. The zero-order valence-electron chi connectivity index (χ0n) is 18.3. The Morgan fingerprint density at radius 3 is 2.38 bits per heavy atom. The summed E-state index contributed by atoms with van der Waals surface area (Å²) in [5, 5.41) is 23.0. The molecule has 8 heteroatoms. The first-order valence-corrected chi connectivity index (χ1v) is 10.9. The van der Waals surface area contributed by atoms with Gasteiger partial charge in [0, 0.05) is 31.4 Å². The highest BCUT2D eigenvalue weighted by atomic mass is 16.4. The predicted octanol–water partition coefficient (Wildman–Crippen LogP) is 2.54. The number of rotatable bonds is 8. The van der Waals surface area contributed by atoms with Gasteiger partial charge in [0.1, 0.15) is 0 Å². The molecule has 0 saturated carbocycles. The number of likely N-dealkylation sites (tertiary alicyclic amines) is 1. The second-order valence-corrected chi connectivity index (χ2v) is 8.23. The maximum absolute atomic E-state index is 12.9. The van der Waals surface area contributed by atoms with E-state index in [2.05, 4.69) is 15.5 Å². The Morgan fingerprint density at radius 1 is 1.12 bits per heavy atom. The van der Waals surface area contributed by atoms with Crippen molar-refractivity contribution in [1.29, 1.82) is 5.41 Å². The van der Waals surface area contributed by atoms with E-state index in [0.29, 0.717) is 12.2 Å². The summed E-state index contributed by atoms with van der Waals surface area (Å²) < 4.78 is 0. The zero-order valence-corrected chi connectivity index (χ0v) is 18.3. The summed E-state index contributed by atoms with van der Waals surface area (Å²) in [7, 11) is 0. The quantitative estimate of drug-likeness (QED) is 0.319. The van der Waals surface area contributed by atoms with E-state index in [1.807, 2.05) is 55.5 Å². The van der Waals surface area contributed by atoms with Crippen LogP contribution in [-0.4, -0.2) is 53.5 Å². The molecule has 2 unspecified atom stereocenters. The van der Waals surface area contributed by atoms with Gasteiger partial charge in [-0.3, -0.25) is 15.0 Å². The van der Waals surface area contributed by atoms with E-state index in [1.165, 1.54) is 0 Å².